The van der Waals surface area contributed by atoms with E-state index in [4.69, 9.17) is 14.2 Å². The molecule has 1 unspecified atom stereocenters. The highest BCUT2D eigenvalue weighted by atomic mass is 16.5. The van der Waals surface area contributed by atoms with Crippen molar-refractivity contribution >= 4 is 11.7 Å². The van der Waals surface area contributed by atoms with Gasteiger partial charge in [-0.15, -0.1) is 0 Å². The van der Waals surface area contributed by atoms with Gasteiger partial charge in [0.05, 0.1) is 13.2 Å². The van der Waals surface area contributed by atoms with E-state index in [-0.39, 0.29) is 18.6 Å². The Morgan fingerprint density at radius 3 is 2.52 bits per heavy atom. The summed E-state index contributed by atoms with van der Waals surface area (Å²) in [5, 5.41) is 0. The SMILES string of the molecule is CCOc1ccc(OCC(=O)N2CCCC(Oc3nccnc3N(C)C)C2)cc1. The molecular formula is C21H28N4O4. The van der Waals surface area contributed by atoms with Crippen molar-refractivity contribution in [2.45, 2.75) is 25.9 Å². The van der Waals surface area contributed by atoms with E-state index in [1.165, 1.54) is 0 Å². The van der Waals surface area contributed by atoms with Crippen molar-refractivity contribution in [1.82, 2.24) is 14.9 Å². The van der Waals surface area contributed by atoms with E-state index in [9.17, 15) is 4.79 Å². The van der Waals surface area contributed by atoms with Crippen LogP contribution in [-0.2, 0) is 4.79 Å². The van der Waals surface area contributed by atoms with Crippen molar-refractivity contribution in [2.24, 2.45) is 0 Å². The molecule has 0 bridgehead atoms. The van der Waals surface area contributed by atoms with Gasteiger partial charge in [0.25, 0.3) is 11.8 Å². The number of nitrogens with zero attached hydrogens (tertiary/aromatic N) is 4. The number of hydrogen-bond donors (Lipinski definition) is 0. The van der Waals surface area contributed by atoms with Crippen molar-refractivity contribution in [3.8, 4) is 17.4 Å². The summed E-state index contributed by atoms with van der Waals surface area (Å²) in [5.74, 6) is 2.53. The van der Waals surface area contributed by atoms with Crippen LogP contribution in [0.4, 0.5) is 5.82 Å². The molecule has 0 aliphatic carbocycles. The maximum Gasteiger partial charge on any atom is 0.260 e. The number of carbonyl (C=O) groups is 1. The average Bonchev–Trinajstić information content (AvgIpc) is 2.74. The summed E-state index contributed by atoms with van der Waals surface area (Å²) in [6.07, 6.45) is 4.87. The number of amides is 1. The highest BCUT2D eigenvalue weighted by Gasteiger charge is 2.26. The first-order valence-corrected chi connectivity index (χ1v) is 9.85. The number of piperidine rings is 1. The normalized spacial score (nSPS) is 16.2. The molecule has 0 N–H and O–H groups in total. The largest absolute Gasteiger partial charge is 0.494 e. The fraction of sp³-hybridized carbons (Fsp3) is 0.476. The minimum absolute atomic E-state index is 0.00517. The zero-order valence-electron chi connectivity index (χ0n) is 17.2. The van der Waals surface area contributed by atoms with Crippen LogP contribution in [0.3, 0.4) is 0 Å². The maximum atomic E-state index is 12.6. The molecule has 1 amide bonds. The molecule has 1 aromatic heterocycles. The minimum Gasteiger partial charge on any atom is -0.494 e. The molecule has 1 atom stereocenters. The molecule has 1 saturated heterocycles. The summed E-state index contributed by atoms with van der Waals surface area (Å²) in [6, 6.07) is 7.27. The number of anilines is 1. The number of benzene rings is 1. The third-order valence-corrected chi connectivity index (χ3v) is 4.58. The molecule has 0 spiro atoms. The Balaban J connectivity index is 1.53. The smallest absolute Gasteiger partial charge is 0.260 e. The fourth-order valence-electron chi connectivity index (χ4n) is 3.16. The predicted molar refractivity (Wildman–Crippen MR) is 110 cm³/mol. The predicted octanol–water partition coefficient (Wildman–Crippen LogP) is 2.39. The molecule has 1 aliphatic rings. The van der Waals surface area contributed by atoms with E-state index < -0.39 is 0 Å². The molecule has 8 nitrogen and oxygen atoms in total. The van der Waals surface area contributed by atoms with Gasteiger partial charge < -0.3 is 24.0 Å². The van der Waals surface area contributed by atoms with Crippen LogP contribution in [0.15, 0.2) is 36.7 Å². The van der Waals surface area contributed by atoms with Crippen LogP contribution in [0.25, 0.3) is 0 Å². The molecule has 2 heterocycles. The van der Waals surface area contributed by atoms with Gasteiger partial charge in [0.1, 0.15) is 17.6 Å². The van der Waals surface area contributed by atoms with E-state index in [0.717, 1.165) is 18.6 Å². The van der Waals surface area contributed by atoms with E-state index in [2.05, 4.69) is 9.97 Å². The second-order valence-electron chi connectivity index (χ2n) is 6.99. The lowest BCUT2D eigenvalue weighted by molar-refractivity contribution is -0.136. The number of likely N-dealkylation sites (tertiary alicyclic amines) is 1. The molecule has 156 valence electrons. The molecule has 1 fully saturated rings. The Hall–Kier alpha value is -3.03. The molecule has 1 aliphatic heterocycles. The average molecular weight is 400 g/mol. The highest BCUT2D eigenvalue weighted by molar-refractivity contribution is 5.78. The van der Waals surface area contributed by atoms with Gasteiger partial charge in [0.2, 0.25) is 0 Å². The van der Waals surface area contributed by atoms with Gasteiger partial charge in [-0.05, 0) is 44.0 Å². The van der Waals surface area contributed by atoms with Gasteiger partial charge in [-0.2, -0.15) is 0 Å². The third-order valence-electron chi connectivity index (χ3n) is 4.58. The summed E-state index contributed by atoms with van der Waals surface area (Å²) in [4.78, 5) is 24.8. The highest BCUT2D eigenvalue weighted by Crippen LogP contribution is 2.24. The minimum atomic E-state index is -0.117. The second kappa shape index (κ2) is 9.95. The first kappa shape index (κ1) is 20.7. The van der Waals surface area contributed by atoms with Gasteiger partial charge in [-0.1, -0.05) is 0 Å². The monoisotopic (exact) mass is 400 g/mol. The van der Waals surface area contributed by atoms with E-state index in [1.807, 2.05) is 38.1 Å². The molecule has 0 saturated carbocycles. The van der Waals surface area contributed by atoms with Crippen LogP contribution in [0.2, 0.25) is 0 Å². The Kier molecular flexibility index (Phi) is 7.10. The van der Waals surface area contributed by atoms with Crippen LogP contribution in [0.5, 0.6) is 17.4 Å². The Bertz CT molecular complexity index is 798. The van der Waals surface area contributed by atoms with Gasteiger partial charge in [0.15, 0.2) is 12.4 Å². The van der Waals surface area contributed by atoms with Crippen molar-refractivity contribution in [2.75, 3.05) is 45.3 Å². The van der Waals surface area contributed by atoms with Gasteiger partial charge in [-0.25, -0.2) is 9.97 Å². The lowest BCUT2D eigenvalue weighted by Crippen LogP contribution is -2.46. The zero-order valence-corrected chi connectivity index (χ0v) is 17.2. The van der Waals surface area contributed by atoms with Crippen molar-refractivity contribution in [1.29, 1.82) is 0 Å². The summed E-state index contributed by atoms with van der Waals surface area (Å²) in [7, 11) is 3.79. The van der Waals surface area contributed by atoms with Crippen molar-refractivity contribution in [3.63, 3.8) is 0 Å². The number of aromatic nitrogens is 2. The fourth-order valence-corrected chi connectivity index (χ4v) is 3.16. The lowest BCUT2D eigenvalue weighted by atomic mass is 10.1. The first-order valence-electron chi connectivity index (χ1n) is 9.85. The standard InChI is InChI=1S/C21H28N4O4/c1-4-27-16-7-9-17(10-8-16)28-15-19(26)25-13-5-6-18(14-25)29-21-20(24(2)3)22-11-12-23-21/h7-12,18H,4-6,13-15H2,1-3H3. The Labute approximate surface area is 171 Å². The summed E-state index contributed by atoms with van der Waals surface area (Å²) >= 11 is 0. The quantitative estimate of drug-likeness (QED) is 0.673. The van der Waals surface area contributed by atoms with Crippen LogP contribution in [-0.4, -0.2) is 67.3 Å². The first-order chi connectivity index (χ1) is 14.1. The van der Waals surface area contributed by atoms with Crippen molar-refractivity contribution in [3.05, 3.63) is 36.7 Å². The van der Waals surface area contributed by atoms with Crippen LogP contribution < -0.4 is 19.1 Å². The topological polar surface area (TPSA) is 77.0 Å². The molecule has 2 aromatic rings. The molecule has 8 heteroatoms. The third kappa shape index (κ3) is 5.73. The second-order valence-corrected chi connectivity index (χ2v) is 6.99. The molecular weight excluding hydrogens is 372 g/mol. The Morgan fingerprint density at radius 1 is 1.14 bits per heavy atom. The summed E-state index contributed by atoms with van der Waals surface area (Å²) in [6.45, 7) is 3.75. The van der Waals surface area contributed by atoms with Crippen LogP contribution >= 0.6 is 0 Å². The molecule has 3 rings (SSSR count). The molecule has 1 aromatic carbocycles. The molecule has 0 radical (unpaired) electrons. The lowest BCUT2D eigenvalue weighted by Gasteiger charge is -2.33. The van der Waals surface area contributed by atoms with Crippen LogP contribution in [0, 0.1) is 0 Å². The number of hydrogen-bond acceptors (Lipinski definition) is 7. The Morgan fingerprint density at radius 2 is 1.83 bits per heavy atom. The van der Waals surface area contributed by atoms with Gasteiger partial charge in [0, 0.05) is 33.0 Å². The zero-order chi connectivity index (χ0) is 20.6. The van der Waals surface area contributed by atoms with Gasteiger partial charge in [-0.3, -0.25) is 4.79 Å². The van der Waals surface area contributed by atoms with Gasteiger partial charge >= 0.3 is 0 Å². The number of carbonyl (C=O) groups excluding carboxylic acids is 1. The number of ether oxygens (including phenoxy) is 3. The van der Waals surface area contributed by atoms with E-state index in [1.54, 1.807) is 29.4 Å². The van der Waals surface area contributed by atoms with E-state index >= 15 is 0 Å². The molecule has 29 heavy (non-hydrogen) atoms. The van der Waals surface area contributed by atoms with E-state index in [0.29, 0.717) is 37.1 Å². The summed E-state index contributed by atoms with van der Waals surface area (Å²) < 4.78 is 17.1. The summed E-state index contributed by atoms with van der Waals surface area (Å²) in [5.41, 5.74) is 0. The number of rotatable bonds is 8. The maximum absolute atomic E-state index is 12.6. The van der Waals surface area contributed by atoms with Crippen molar-refractivity contribution < 1.29 is 19.0 Å². The van der Waals surface area contributed by atoms with Crippen LogP contribution in [0.1, 0.15) is 19.8 Å².